The average Bonchev–Trinajstić information content (AvgIpc) is 3.26. The van der Waals surface area contributed by atoms with Crippen molar-refractivity contribution in [2.45, 2.75) is 33.6 Å². The molecule has 1 amide bonds. The molecule has 3 aromatic rings. The van der Waals surface area contributed by atoms with Crippen LogP contribution in [0.15, 0.2) is 21.2 Å². The topological polar surface area (TPSA) is 181 Å². The second-order valence-electron chi connectivity index (χ2n) is 6.88. The van der Waals surface area contributed by atoms with Gasteiger partial charge in [-0.05, 0) is 24.5 Å². The molecule has 4 N–H and O–H groups in total. The van der Waals surface area contributed by atoms with E-state index >= 15 is 0 Å². The molecule has 2 aromatic heterocycles. The van der Waals surface area contributed by atoms with Gasteiger partial charge in [0.1, 0.15) is 17.1 Å². The summed E-state index contributed by atoms with van der Waals surface area (Å²) >= 11 is 0. The molecule has 0 aliphatic heterocycles. The molecule has 0 radical (unpaired) electrons. The monoisotopic (exact) mass is 476 g/mol. The van der Waals surface area contributed by atoms with Crippen molar-refractivity contribution in [1.82, 2.24) is 20.6 Å². The SMILES string of the molecule is CCNC(=O)c1noc(-c2cc(C(C)C)c(O)cc2OP(=O)(O)O)c1-c1noc(C)n1.[NaH]. The third-order valence-electron chi connectivity index (χ3n) is 4.21. The standard InChI is InChI=1S/C18H21N4O8P.Na.H/c1-5-19-18(24)15-14(17-20-9(4)28-22-17)16(29-21-15)11-6-10(8(2)3)12(23)7-13(11)30-31(25,26)27;;/h6-8,23H,5H2,1-4H3,(H,19,24)(H2,25,26,27);;. The van der Waals surface area contributed by atoms with Crippen LogP contribution in [0, 0.1) is 6.92 Å². The number of phenols is 1. The molecule has 0 fully saturated rings. The van der Waals surface area contributed by atoms with Gasteiger partial charge in [0.05, 0.1) is 5.56 Å². The zero-order chi connectivity index (χ0) is 22.9. The fourth-order valence-corrected chi connectivity index (χ4v) is 3.32. The molecule has 32 heavy (non-hydrogen) atoms. The van der Waals surface area contributed by atoms with Crippen LogP contribution in [0.1, 0.15) is 48.6 Å². The summed E-state index contributed by atoms with van der Waals surface area (Å²) in [6.45, 7) is 7.21. The van der Waals surface area contributed by atoms with Crippen molar-refractivity contribution < 1.29 is 37.8 Å². The second kappa shape index (κ2) is 10.2. The molecule has 0 spiro atoms. The molecule has 0 saturated carbocycles. The van der Waals surface area contributed by atoms with Crippen molar-refractivity contribution in [3.63, 3.8) is 0 Å². The summed E-state index contributed by atoms with van der Waals surface area (Å²) in [7, 11) is -5.00. The van der Waals surface area contributed by atoms with Crippen LogP contribution in [0.4, 0.5) is 0 Å². The Balaban J connectivity index is 0.00000363. The van der Waals surface area contributed by atoms with Crippen LogP contribution >= 0.6 is 7.82 Å². The summed E-state index contributed by atoms with van der Waals surface area (Å²) in [4.78, 5) is 35.3. The van der Waals surface area contributed by atoms with Crippen LogP contribution in [0.5, 0.6) is 11.5 Å². The van der Waals surface area contributed by atoms with Crippen molar-refractivity contribution in [3.8, 4) is 34.2 Å². The number of amides is 1. The van der Waals surface area contributed by atoms with Crippen LogP contribution in [-0.4, -0.2) is 72.2 Å². The Morgan fingerprint density at radius 1 is 1.25 bits per heavy atom. The van der Waals surface area contributed by atoms with Crippen molar-refractivity contribution >= 4 is 43.3 Å². The molecular formula is C18H22N4NaO8P. The molecule has 0 atom stereocenters. The van der Waals surface area contributed by atoms with Crippen LogP contribution in [-0.2, 0) is 4.57 Å². The number of aromatic hydroxyl groups is 1. The van der Waals surface area contributed by atoms with Gasteiger partial charge in [-0.2, -0.15) is 4.98 Å². The van der Waals surface area contributed by atoms with E-state index in [-0.39, 0.29) is 81.3 Å². The van der Waals surface area contributed by atoms with Crippen molar-refractivity contribution in [1.29, 1.82) is 0 Å². The third-order valence-corrected chi connectivity index (χ3v) is 4.64. The van der Waals surface area contributed by atoms with Gasteiger partial charge in [0, 0.05) is 19.5 Å². The normalized spacial score (nSPS) is 11.3. The molecule has 0 saturated heterocycles. The van der Waals surface area contributed by atoms with E-state index in [1.807, 2.05) is 13.8 Å². The number of phosphoric ester groups is 1. The molecule has 0 aliphatic carbocycles. The Kier molecular flexibility index (Phi) is 8.27. The number of carbonyl (C=O) groups excluding carboxylic acids is 1. The van der Waals surface area contributed by atoms with Gasteiger partial charge in [-0.25, -0.2) is 4.57 Å². The van der Waals surface area contributed by atoms with E-state index in [2.05, 4.69) is 20.6 Å². The second-order valence-corrected chi connectivity index (χ2v) is 8.04. The van der Waals surface area contributed by atoms with E-state index in [0.717, 1.165) is 6.07 Å². The molecule has 0 unspecified atom stereocenters. The fraction of sp³-hybridized carbons (Fsp3) is 0.333. The predicted molar refractivity (Wildman–Crippen MR) is 114 cm³/mol. The summed E-state index contributed by atoms with van der Waals surface area (Å²) in [6.07, 6.45) is 0. The first-order valence-electron chi connectivity index (χ1n) is 9.22. The van der Waals surface area contributed by atoms with Crippen LogP contribution in [0.2, 0.25) is 0 Å². The number of hydrogen-bond donors (Lipinski definition) is 4. The zero-order valence-corrected chi connectivity index (χ0v) is 18.0. The molecule has 3 rings (SSSR count). The van der Waals surface area contributed by atoms with E-state index in [4.69, 9.17) is 13.6 Å². The number of rotatable bonds is 7. The zero-order valence-electron chi connectivity index (χ0n) is 17.1. The van der Waals surface area contributed by atoms with Gasteiger partial charge in [-0.3, -0.25) is 14.6 Å². The number of nitrogens with one attached hydrogen (secondary N) is 1. The van der Waals surface area contributed by atoms with Gasteiger partial charge in [0.25, 0.3) is 5.91 Å². The Morgan fingerprint density at radius 3 is 2.47 bits per heavy atom. The predicted octanol–water partition coefficient (Wildman–Crippen LogP) is 2.10. The third kappa shape index (κ3) is 5.58. The molecule has 0 bridgehead atoms. The average molecular weight is 476 g/mol. The first-order valence-corrected chi connectivity index (χ1v) is 10.8. The Labute approximate surface area is 204 Å². The molecule has 0 aliphatic rings. The fourth-order valence-electron chi connectivity index (χ4n) is 2.91. The van der Waals surface area contributed by atoms with Gasteiger partial charge in [0.2, 0.25) is 11.7 Å². The first-order chi connectivity index (χ1) is 14.5. The summed E-state index contributed by atoms with van der Waals surface area (Å²) in [6, 6.07) is 2.49. The molecule has 1 aromatic carbocycles. The quantitative estimate of drug-likeness (QED) is 0.289. The summed E-state index contributed by atoms with van der Waals surface area (Å²) in [5.74, 6) is -1.24. The number of carbonyl (C=O) groups is 1. The van der Waals surface area contributed by atoms with Crippen LogP contribution in [0.25, 0.3) is 22.7 Å². The van der Waals surface area contributed by atoms with Crippen LogP contribution in [0.3, 0.4) is 0 Å². The maximum atomic E-state index is 12.5. The van der Waals surface area contributed by atoms with Gasteiger partial charge in [0.15, 0.2) is 11.5 Å². The molecule has 2 heterocycles. The summed E-state index contributed by atoms with van der Waals surface area (Å²) in [5.41, 5.74) is 0.363. The Morgan fingerprint density at radius 2 is 1.94 bits per heavy atom. The first kappa shape index (κ1) is 26.0. The number of hydrogen-bond acceptors (Lipinski definition) is 9. The van der Waals surface area contributed by atoms with E-state index < -0.39 is 13.7 Å². The van der Waals surface area contributed by atoms with Gasteiger partial charge in [-0.1, -0.05) is 24.2 Å². The molecular weight excluding hydrogens is 454 g/mol. The number of phosphoric acid groups is 1. The van der Waals surface area contributed by atoms with E-state index in [9.17, 15) is 24.3 Å². The number of nitrogens with zero attached hydrogens (tertiary/aromatic N) is 3. The van der Waals surface area contributed by atoms with Crippen molar-refractivity contribution in [2.75, 3.05) is 6.54 Å². The Bertz CT molecular complexity index is 1170. The van der Waals surface area contributed by atoms with Crippen molar-refractivity contribution in [2.24, 2.45) is 0 Å². The summed E-state index contributed by atoms with van der Waals surface area (Å²) in [5, 5.41) is 20.5. The molecule has 12 nitrogen and oxygen atoms in total. The number of aromatic nitrogens is 3. The number of phenolic OH excluding ortho intramolecular Hbond substituents is 1. The van der Waals surface area contributed by atoms with E-state index in [1.165, 1.54) is 6.07 Å². The molecule has 168 valence electrons. The van der Waals surface area contributed by atoms with Gasteiger partial charge >= 0.3 is 37.4 Å². The van der Waals surface area contributed by atoms with Crippen molar-refractivity contribution in [3.05, 3.63) is 29.3 Å². The van der Waals surface area contributed by atoms with E-state index in [0.29, 0.717) is 12.1 Å². The number of benzene rings is 1. The van der Waals surface area contributed by atoms with Gasteiger partial charge < -0.3 is 24.0 Å². The summed E-state index contributed by atoms with van der Waals surface area (Å²) < 4.78 is 26.7. The van der Waals surface area contributed by atoms with Crippen LogP contribution < -0.4 is 9.84 Å². The number of aryl methyl sites for hydroxylation is 1. The van der Waals surface area contributed by atoms with E-state index in [1.54, 1.807) is 13.8 Å². The Hall–Kier alpha value is -2.21. The minimum absolute atomic E-state index is 0. The van der Waals surface area contributed by atoms with Gasteiger partial charge in [-0.15, -0.1) is 0 Å². The maximum absolute atomic E-state index is 12.5. The molecule has 14 heteroatoms. The minimum atomic E-state index is -5.00.